The van der Waals surface area contributed by atoms with E-state index >= 15 is 0 Å². The van der Waals surface area contributed by atoms with Gasteiger partial charge in [-0.05, 0) is 188 Å². The largest absolute Gasteiger partial charge is 2.00 e. The molecule has 2 aromatic heterocycles. The molecule has 4 heterocycles. The van der Waals surface area contributed by atoms with Crippen LogP contribution in [-0.2, 0) is 10.8 Å². The fraction of sp³-hybridized carbons (Fsp3) is 0.0442. The summed E-state index contributed by atoms with van der Waals surface area (Å²) < 4.78 is 2.36. The molecular formula is C113H73BeN7O2S2-2. The van der Waals surface area contributed by atoms with Crippen LogP contribution in [0.25, 0.3) is 127 Å². The number of fused-ring (bicyclic) bond motifs is 20. The van der Waals surface area contributed by atoms with Crippen LogP contribution in [0.4, 0.5) is 11.4 Å². The minimum absolute atomic E-state index is 0. The van der Waals surface area contributed by atoms with Gasteiger partial charge in [0.25, 0.3) is 0 Å². The molecule has 5 aliphatic rings. The Morgan fingerprint density at radius 3 is 1.26 bits per heavy atom. The van der Waals surface area contributed by atoms with Crippen molar-refractivity contribution in [2.45, 2.75) is 38.3 Å². The first-order valence-electron chi connectivity index (χ1n) is 41.6. The first-order valence-corrected chi connectivity index (χ1v) is 43.3. The smallest absolute Gasteiger partial charge is 0.872 e. The maximum Gasteiger partial charge on any atom is 2.00 e. The van der Waals surface area contributed by atoms with Gasteiger partial charge < -0.3 is 25.4 Å². The van der Waals surface area contributed by atoms with Gasteiger partial charge in [-0.1, -0.05) is 369 Å². The van der Waals surface area contributed by atoms with Gasteiger partial charge in [-0.15, -0.1) is 46.4 Å². The molecule has 3 aliphatic carbocycles. The number of para-hydroxylation sites is 4. The Labute approximate surface area is 737 Å². The molecule has 9 nitrogen and oxygen atoms in total. The van der Waals surface area contributed by atoms with E-state index in [0.29, 0.717) is 23.0 Å². The summed E-state index contributed by atoms with van der Waals surface area (Å²) >= 11 is 3.29. The van der Waals surface area contributed by atoms with Crippen LogP contribution in [0.3, 0.4) is 0 Å². The van der Waals surface area contributed by atoms with Crippen molar-refractivity contribution in [3.05, 3.63) is 490 Å². The Hall–Kier alpha value is -15.2. The molecule has 2 aliphatic heterocycles. The van der Waals surface area contributed by atoms with E-state index in [1.165, 1.54) is 99.7 Å². The van der Waals surface area contributed by atoms with E-state index in [0.717, 1.165) is 81.8 Å². The molecular weight excluding hydrogens is 1560 g/mol. The van der Waals surface area contributed by atoms with Crippen molar-refractivity contribution in [3.8, 4) is 90.8 Å². The van der Waals surface area contributed by atoms with Crippen LogP contribution in [0.15, 0.2) is 422 Å². The molecule has 0 N–H and O–H groups in total. The molecule has 0 radical (unpaired) electrons. The average molecular weight is 1630 g/mol. The Morgan fingerprint density at radius 2 is 0.736 bits per heavy atom. The van der Waals surface area contributed by atoms with E-state index in [1.54, 1.807) is 35.7 Å². The Morgan fingerprint density at radius 1 is 0.328 bits per heavy atom. The predicted octanol–water partition coefficient (Wildman–Crippen LogP) is 27.6. The third-order valence-electron chi connectivity index (χ3n) is 24.7. The zero-order chi connectivity index (χ0) is 83.0. The standard InChI is InChI=1S/C40H25N3.C39H26N2.2C17H12NOS.Be/c1-3-13-26(14-4-1)37-41-38(27-15-5-2-6-16-27)43-39(42-37)28-23-24-32-31-19-9-12-22-35(31)40(36(32)25-28)33-20-10-7-17-29(33)30-18-8-11-21-34(30)40;1-26-15-18-28(19-16-26)39(35-13-7-5-11-31(35)33-23-27(25-40)17-21-36(33)39)29-20-22-38-34(24-29)32-12-6-8-14-37(32)41(38)30-9-3-2-4-10-30;2*19-15-10-12-6-2-1-5-11(12)9-13(15)17-18-14-7-3-4-8-16(14)20-17;/h1-25H;2-24H,1H3;2*1-10,17,19H;/q;;2*-1;+2/p-2. The average Bonchev–Trinajstić information content (AvgIpc) is 1.50. The molecule has 588 valence electrons. The molecule has 3 unspecified atom stereocenters. The van der Waals surface area contributed by atoms with E-state index < -0.39 is 10.8 Å². The maximum atomic E-state index is 12.3. The molecule has 20 aromatic rings. The fourth-order valence-electron chi connectivity index (χ4n) is 19.2. The van der Waals surface area contributed by atoms with Gasteiger partial charge in [0, 0.05) is 33.2 Å². The van der Waals surface area contributed by atoms with Crippen molar-refractivity contribution in [3.63, 3.8) is 0 Å². The second-order valence-corrected chi connectivity index (χ2v) is 34.0. The second kappa shape index (κ2) is 32.0. The quantitative estimate of drug-likeness (QED) is 0.137. The molecule has 1 spiro atoms. The zero-order valence-electron chi connectivity index (χ0n) is 67.9. The molecule has 12 heteroatoms. The molecule has 3 atom stereocenters. The normalized spacial score (nSPS) is 15.1. The monoisotopic (exact) mass is 1630 g/mol. The van der Waals surface area contributed by atoms with Crippen molar-refractivity contribution in [2.75, 3.05) is 0 Å². The summed E-state index contributed by atoms with van der Waals surface area (Å²) in [5.74, 6) is 2.13. The second-order valence-electron chi connectivity index (χ2n) is 31.7. The fourth-order valence-corrected chi connectivity index (χ4v) is 21.4. The van der Waals surface area contributed by atoms with E-state index in [4.69, 9.17) is 15.0 Å². The van der Waals surface area contributed by atoms with Crippen LogP contribution in [-0.4, -0.2) is 29.6 Å². The Kier molecular flexibility index (Phi) is 19.8. The SMILES string of the molecule is Cc1ccc(C2(c3ccc4c(c3)c3ccccc3n4-c3ccccc3)c3ccccc3-c3cc(C#N)ccc32)cc1.[Be+2].[O-]c1cc2ccccc2cc1C1[N-]c2ccccc2S1.[O-]c1cc2ccccc2cc1C1[N-]c2ccccc2S1.c1ccc(-c2nc(-c3ccccc3)nc(-c3ccc4c(c3)C3(c5ccccc5-c5ccccc53)c3ccccc3-4)n2)cc1. The van der Waals surface area contributed by atoms with E-state index in [-0.39, 0.29) is 32.4 Å². The molecule has 0 amide bonds. The van der Waals surface area contributed by atoms with Gasteiger partial charge in [0.05, 0.1) is 33.5 Å². The van der Waals surface area contributed by atoms with Crippen molar-refractivity contribution >= 4 is 88.4 Å². The first-order chi connectivity index (χ1) is 61.1. The topological polar surface area (TPSA) is 142 Å². The van der Waals surface area contributed by atoms with Crippen LogP contribution in [0, 0.1) is 18.3 Å². The number of rotatable bonds is 8. The molecule has 0 saturated carbocycles. The summed E-state index contributed by atoms with van der Waals surface area (Å²) in [5, 5.41) is 50.1. The van der Waals surface area contributed by atoms with Gasteiger partial charge in [-0.25, -0.2) is 15.0 Å². The number of nitrogens with zero attached hydrogens (tertiary/aromatic N) is 7. The van der Waals surface area contributed by atoms with E-state index in [9.17, 15) is 15.5 Å². The zero-order valence-corrected chi connectivity index (χ0v) is 69.5. The summed E-state index contributed by atoms with van der Waals surface area (Å²) in [6.45, 7) is 2.14. The van der Waals surface area contributed by atoms with E-state index in [1.807, 2.05) is 140 Å². The van der Waals surface area contributed by atoms with Crippen LogP contribution in [0.5, 0.6) is 11.5 Å². The minimum Gasteiger partial charge on any atom is -0.872 e. The number of hydrogen-bond donors (Lipinski definition) is 0. The van der Waals surface area contributed by atoms with Gasteiger partial charge >= 0.3 is 10.1 Å². The third kappa shape index (κ3) is 13.2. The minimum atomic E-state index is -0.516. The number of hydrogen-bond acceptors (Lipinski definition) is 8. The van der Waals surface area contributed by atoms with Crippen molar-refractivity contribution < 1.29 is 10.2 Å². The number of aromatic nitrogens is 4. The molecule has 125 heavy (non-hydrogen) atoms. The van der Waals surface area contributed by atoms with Crippen LogP contribution >= 0.6 is 23.5 Å². The van der Waals surface area contributed by atoms with Crippen molar-refractivity contribution in [2.24, 2.45) is 0 Å². The number of benzene rings is 18. The molecule has 0 bridgehead atoms. The summed E-state index contributed by atoms with van der Waals surface area (Å²) in [6, 6.07) is 146. The predicted molar refractivity (Wildman–Crippen MR) is 509 cm³/mol. The van der Waals surface area contributed by atoms with Crippen LogP contribution < -0.4 is 10.2 Å². The molecule has 18 aromatic carbocycles. The first kappa shape index (κ1) is 77.2. The number of aryl methyl sites for hydroxylation is 1. The molecule has 0 fully saturated rings. The summed E-state index contributed by atoms with van der Waals surface area (Å²) in [4.78, 5) is 17.3. The van der Waals surface area contributed by atoms with Gasteiger partial charge in [0.2, 0.25) is 0 Å². The van der Waals surface area contributed by atoms with E-state index in [2.05, 4.69) is 289 Å². The van der Waals surface area contributed by atoms with Crippen LogP contribution in [0.1, 0.15) is 77.5 Å². The summed E-state index contributed by atoms with van der Waals surface area (Å²) in [5.41, 5.74) is 28.5. The van der Waals surface area contributed by atoms with Gasteiger partial charge in [-0.3, -0.25) is 0 Å². The summed E-state index contributed by atoms with van der Waals surface area (Å²) in [7, 11) is 0. The maximum absolute atomic E-state index is 12.3. The third-order valence-corrected chi connectivity index (χ3v) is 27.1. The van der Waals surface area contributed by atoms with Gasteiger partial charge in [-0.2, -0.15) is 5.26 Å². The van der Waals surface area contributed by atoms with Gasteiger partial charge in [0.15, 0.2) is 17.5 Å². The van der Waals surface area contributed by atoms with Crippen LogP contribution in [0.2, 0.25) is 0 Å². The number of nitriles is 1. The molecule has 25 rings (SSSR count). The van der Waals surface area contributed by atoms with Gasteiger partial charge in [0.1, 0.15) is 0 Å². The van der Waals surface area contributed by atoms with Crippen molar-refractivity contribution in [1.82, 2.24) is 19.5 Å². The Balaban J connectivity index is 0.000000108. The van der Waals surface area contributed by atoms with Crippen molar-refractivity contribution in [1.29, 1.82) is 5.26 Å². The number of thioether (sulfide) groups is 2. The molecule has 0 saturated heterocycles. The Bertz CT molecular complexity index is 7360. The summed E-state index contributed by atoms with van der Waals surface area (Å²) in [6.07, 6.45) is 0.